The molecule has 0 heterocycles. The van der Waals surface area contributed by atoms with Gasteiger partial charge in [0, 0.05) is 6.42 Å². The van der Waals surface area contributed by atoms with Crippen molar-refractivity contribution in [2.45, 2.75) is 257 Å². The zero-order chi connectivity index (χ0) is 42.8. The molecule has 3 N–H and O–H groups in total. The van der Waals surface area contributed by atoms with E-state index in [-0.39, 0.29) is 19.1 Å². The number of likely N-dealkylation sites (N-methyl/N-ethyl adjacent to an activating group) is 1. The van der Waals surface area contributed by atoms with Gasteiger partial charge in [0.05, 0.1) is 39.9 Å². The Morgan fingerprint density at radius 1 is 0.569 bits per heavy atom. The molecule has 0 aliphatic rings. The average Bonchev–Trinajstić information content (AvgIpc) is 3.17. The van der Waals surface area contributed by atoms with Crippen molar-refractivity contribution in [3.63, 3.8) is 0 Å². The number of amides is 1. The van der Waals surface area contributed by atoms with Gasteiger partial charge in [-0.1, -0.05) is 212 Å². The van der Waals surface area contributed by atoms with Crippen molar-refractivity contribution in [1.29, 1.82) is 0 Å². The van der Waals surface area contributed by atoms with Crippen LogP contribution < -0.4 is 5.32 Å². The van der Waals surface area contributed by atoms with Gasteiger partial charge in [-0.25, -0.2) is 4.57 Å². The number of rotatable bonds is 46. The molecule has 0 aliphatic carbocycles. The highest BCUT2D eigenvalue weighted by Crippen LogP contribution is 2.43. The van der Waals surface area contributed by atoms with Crippen LogP contribution in [0, 0.1) is 0 Å². The minimum absolute atomic E-state index is 0.0758. The Hall–Kier alpha value is -0.760. The van der Waals surface area contributed by atoms with E-state index in [1.54, 1.807) is 0 Å². The predicted molar refractivity (Wildman–Crippen MR) is 249 cm³/mol. The molecule has 0 aromatic carbocycles. The molecule has 58 heavy (non-hydrogen) atoms. The van der Waals surface area contributed by atoms with Gasteiger partial charge >= 0.3 is 7.82 Å². The van der Waals surface area contributed by atoms with Gasteiger partial charge in [0.2, 0.25) is 5.91 Å². The maximum absolute atomic E-state index is 12.9. The van der Waals surface area contributed by atoms with Gasteiger partial charge in [0.25, 0.3) is 0 Å². The molecule has 9 heteroatoms. The maximum atomic E-state index is 12.9. The monoisotopic (exact) mass is 844 g/mol. The molecule has 0 spiro atoms. The minimum atomic E-state index is -4.31. The second-order valence-electron chi connectivity index (χ2n) is 18.5. The summed E-state index contributed by atoms with van der Waals surface area (Å²) >= 11 is 0. The fourth-order valence-electron chi connectivity index (χ4n) is 7.51. The summed E-state index contributed by atoms with van der Waals surface area (Å²) in [5.41, 5.74) is 0. The third-order valence-corrected chi connectivity index (χ3v) is 12.5. The summed E-state index contributed by atoms with van der Waals surface area (Å²) in [4.78, 5) is 23.2. The second-order valence-corrected chi connectivity index (χ2v) is 20.0. The average molecular weight is 844 g/mol. The maximum Gasteiger partial charge on any atom is 0.472 e. The standard InChI is InChI=1S/C49H99N2O6P/c1-6-8-10-12-14-16-18-20-21-22-23-24-25-26-27-28-29-31-33-35-37-39-41-43-49(53)50-47(46-57-58(54,55)56-45-44-51(3,4)5)48(52)42-40-38-36-34-32-30-19-17-15-13-11-9-7-2/h26-27,47-48,52H,6-25,28-46H2,1-5H3,(H-,50,53,54,55)/p+1/b27-26-. The second kappa shape index (κ2) is 41.6. The SMILES string of the molecule is CCCCCCCCCCCCCC/C=C\CCCCCCCCCC(=O)NC(COP(=O)(O)OCC[N+](C)(C)C)C(O)CCCCCCCCCCCCCCC. The fourth-order valence-corrected chi connectivity index (χ4v) is 8.25. The van der Waals surface area contributed by atoms with Gasteiger partial charge in [-0.05, 0) is 38.5 Å². The molecule has 346 valence electrons. The first-order valence-corrected chi connectivity index (χ1v) is 26.5. The number of aliphatic hydroxyl groups is 1. The number of unbranched alkanes of at least 4 members (excludes halogenated alkanes) is 31. The molecule has 1 amide bonds. The summed E-state index contributed by atoms with van der Waals surface area (Å²) in [6, 6.07) is -0.758. The fraction of sp³-hybridized carbons (Fsp3) is 0.939. The predicted octanol–water partition coefficient (Wildman–Crippen LogP) is 14.3. The summed E-state index contributed by atoms with van der Waals surface area (Å²) in [5, 5.41) is 14.0. The number of carbonyl (C=O) groups is 1. The third-order valence-electron chi connectivity index (χ3n) is 11.5. The Balaban J connectivity index is 4.20. The molecular formula is C49H100N2O6P+. The Kier molecular flexibility index (Phi) is 41.0. The number of allylic oxidation sites excluding steroid dienone is 2. The van der Waals surface area contributed by atoms with Crippen LogP contribution in [0.15, 0.2) is 12.2 Å². The van der Waals surface area contributed by atoms with Gasteiger partial charge in [-0.3, -0.25) is 13.8 Å². The van der Waals surface area contributed by atoms with Crippen molar-refractivity contribution in [1.82, 2.24) is 5.32 Å². The molecule has 3 atom stereocenters. The highest BCUT2D eigenvalue weighted by atomic mass is 31.2. The molecule has 0 aliphatic heterocycles. The first-order chi connectivity index (χ1) is 28.0. The molecule has 0 aromatic rings. The molecule has 0 saturated heterocycles. The summed E-state index contributed by atoms with van der Waals surface area (Å²) in [7, 11) is 1.62. The van der Waals surface area contributed by atoms with E-state index in [2.05, 4.69) is 31.3 Å². The molecule has 0 saturated carbocycles. The topological polar surface area (TPSA) is 105 Å². The molecule has 0 aromatic heterocycles. The van der Waals surface area contributed by atoms with E-state index in [1.165, 1.54) is 180 Å². The summed E-state index contributed by atoms with van der Waals surface area (Å²) < 4.78 is 23.7. The molecular weight excluding hydrogens is 744 g/mol. The summed E-state index contributed by atoms with van der Waals surface area (Å²) in [6.07, 6.45) is 48.2. The van der Waals surface area contributed by atoms with Crippen molar-refractivity contribution >= 4 is 13.7 Å². The van der Waals surface area contributed by atoms with Crippen LogP contribution in [0.25, 0.3) is 0 Å². The number of carbonyl (C=O) groups excluding carboxylic acids is 1. The van der Waals surface area contributed by atoms with E-state index in [0.29, 0.717) is 23.9 Å². The molecule has 0 radical (unpaired) electrons. The Morgan fingerprint density at radius 3 is 1.33 bits per heavy atom. The van der Waals surface area contributed by atoms with E-state index >= 15 is 0 Å². The van der Waals surface area contributed by atoms with E-state index < -0.39 is 20.0 Å². The number of hydrogen-bond donors (Lipinski definition) is 3. The van der Waals surface area contributed by atoms with E-state index in [1.807, 2.05) is 21.1 Å². The minimum Gasteiger partial charge on any atom is -0.391 e. The molecule has 8 nitrogen and oxygen atoms in total. The van der Waals surface area contributed by atoms with Crippen LogP contribution in [-0.2, 0) is 18.4 Å². The van der Waals surface area contributed by atoms with Crippen molar-refractivity contribution in [2.24, 2.45) is 0 Å². The number of phosphoric ester groups is 1. The number of nitrogens with one attached hydrogen (secondary N) is 1. The van der Waals surface area contributed by atoms with Crippen LogP contribution in [0.1, 0.15) is 245 Å². The van der Waals surface area contributed by atoms with Gasteiger partial charge in [-0.2, -0.15) is 0 Å². The van der Waals surface area contributed by atoms with Crippen molar-refractivity contribution in [2.75, 3.05) is 40.9 Å². The lowest BCUT2D eigenvalue weighted by molar-refractivity contribution is -0.870. The first-order valence-electron chi connectivity index (χ1n) is 25.1. The van der Waals surface area contributed by atoms with Gasteiger partial charge in [-0.15, -0.1) is 0 Å². The van der Waals surface area contributed by atoms with Crippen molar-refractivity contribution in [3.05, 3.63) is 12.2 Å². The zero-order valence-electron chi connectivity index (χ0n) is 39.3. The number of aliphatic hydroxyl groups excluding tert-OH is 1. The smallest absolute Gasteiger partial charge is 0.391 e. The van der Waals surface area contributed by atoms with Crippen LogP contribution in [0.4, 0.5) is 0 Å². The third kappa shape index (κ3) is 43.3. The highest BCUT2D eigenvalue weighted by Gasteiger charge is 2.28. The summed E-state index contributed by atoms with van der Waals surface area (Å²) in [5.74, 6) is -0.146. The number of phosphoric acid groups is 1. The Morgan fingerprint density at radius 2 is 0.931 bits per heavy atom. The van der Waals surface area contributed by atoms with Gasteiger partial charge in [0.15, 0.2) is 0 Å². The van der Waals surface area contributed by atoms with E-state index in [4.69, 9.17) is 9.05 Å². The van der Waals surface area contributed by atoms with Gasteiger partial charge in [0.1, 0.15) is 13.2 Å². The van der Waals surface area contributed by atoms with Crippen LogP contribution in [0.3, 0.4) is 0 Å². The number of nitrogens with zero attached hydrogens (tertiary/aromatic N) is 1. The first kappa shape index (κ1) is 57.2. The van der Waals surface area contributed by atoms with E-state index in [0.717, 1.165) is 38.5 Å². The largest absolute Gasteiger partial charge is 0.472 e. The molecule has 0 rings (SSSR count). The van der Waals surface area contributed by atoms with Crippen LogP contribution in [0.5, 0.6) is 0 Å². The quantitative estimate of drug-likeness (QED) is 0.0244. The molecule has 0 fully saturated rings. The van der Waals surface area contributed by atoms with Crippen LogP contribution >= 0.6 is 7.82 Å². The highest BCUT2D eigenvalue weighted by molar-refractivity contribution is 7.47. The summed E-state index contributed by atoms with van der Waals surface area (Å²) in [6.45, 7) is 4.90. The Labute approximate surface area is 361 Å². The lowest BCUT2D eigenvalue weighted by atomic mass is 10.0. The lowest BCUT2D eigenvalue weighted by Gasteiger charge is -2.26. The zero-order valence-corrected chi connectivity index (χ0v) is 40.2. The van der Waals surface area contributed by atoms with E-state index in [9.17, 15) is 19.4 Å². The Bertz CT molecular complexity index is 958. The molecule has 0 bridgehead atoms. The van der Waals surface area contributed by atoms with Gasteiger partial charge < -0.3 is 19.8 Å². The molecule has 3 unspecified atom stereocenters. The van der Waals surface area contributed by atoms with Crippen molar-refractivity contribution < 1.29 is 32.9 Å². The normalized spacial score (nSPS) is 14.3. The lowest BCUT2D eigenvalue weighted by Crippen LogP contribution is -2.46. The number of quaternary nitrogens is 1. The van der Waals surface area contributed by atoms with Crippen LogP contribution in [-0.4, -0.2) is 73.4 Å². The van der Waals surface area contributed by atoms with Crippen LogP contribution in [0.2, 0.25) is 0 Å². The number of hydrogen-bond acceptors (Lipinski definition) is 5. The van der Waals surface area contributed by atoms with Crippen molar-refractivity contribution in [3.8, 4) is 0 Å².